The normalized spacial score (nSPS) is 11.8. The molecule has 0 radical (unpaired) electrons. The van der Waals surface area contributed by atoms with Gasteiger partial charge in [0.05, 0.1) is 27.6 Å². The highest BCUT2D eigenvalue weighted by molar-refractivity contribution is 6.20. The van der Waals surface area contributed by atoms with Crippen LogP contribution in [0.15, 0.2) is 194 Å². The molecule has 6 nitrogen and oxygen atoms in total. The molecule has 12 aromatic rings. The highest BCUT2D eigenvalue weighted by Crippen LogP contribution is 2.39. The number of imidazole rings is 1. The van der Waals surface area contributed by atoms with Crippen LogP contribution in [0.5, 0.6) is 0 Å². The van der Waals surface area contributed by atoms with E-state index in [0.29, 0.717) is 17.5 Å². The van der Waals surface area contributed by atoms with Gasteiger partial charge in [-0.3, -0.25) is 4.40 Å². The fourth-order valence-corrected chi connectivity index (χ4v) is 8.60. The van der Waals surface area contributed by atoms with Gasteiger partial charge < -0.3 is 4.57 Å². The molecule has 0 N–H and O–H groups in total. The quantitative estimate of drug-likeness (QED) is 0.165. The molecule has 0 spiro atoms. The molecule has 0 aliphatic rings. The first kappa shape index (κ1) is 32.3. The van der Waals surface area contributed by atoms with E-state index in [0.717, 1.165) is 66.6 Å². The molecule has 0 aliphatic heterocycles. The van der Waals surface area contributed by atoms with Crippen LogP contribution < -0.4 is 0 Å². The Hall–Kier alpha value is -7.96. The average molecular weight is 741 g/mol. The third-order valence-electron chi connectivity index (χ3n) is 11.4. The smallest absolute Gasteiger partial charge is 0.164 e. The Labute approximate surface area is 333 Å². The molecule has 270 valence electrons. The van der Waals surface area contributed by atoms with Crippen molar-refractivity contribution in [3.63, 3.8) is 0 Å². The van der Waals surface area contributed by atoms with Gasteiger partial charge in [-0.2, -0.15) is 0 Å². The minimum Gasteiger partial charge on any atom is -0.309 e. The van der Waals surface area contributed by atoms with Gasteiger partial charge in [-0.1, -0.05) is 152 Å². The number of hydrogen-bond donors (Lipinski definition) is 0. The summed E-state index contributed by atoms with van der Waals surface area (Å²) in [4.78, 5) is 19.8. The van der Waals surface area contributed by atoms with Gasteiger partial charge in [0.15, 0.2) is 17.5 Å². The minimum absolute atomic E-state index is 0.641. The average Bonchev–Trinajstić information content (AvgIpc) is 3.85. The summed E-state index contributed by atoms with van der Waals surface area (Å²) in [7, 11) is 0. The van der Waals surface area contributed by atoms with E-state index >= 15 is 0 Å². The lowest BCUT2D eigenvalue weighted by molar-refractivity contribution is 1.07. The first-order valence-electron chi connectivity index (χ1n) is 19.5. The maximum Gasteiger partial charge on any atom is 0.164 e. The van der Waals surface area contributed by atoms with Crippen molar-refractivity contribution in [3.05, 3.63) is 194 Å². The second kappa shape index (κ2) is 12.8. The van der Waals surface area contributed by atoms with Gasteiger partial charge >= 0.3 is 0 Å². The van der Waals surface area contributed by atoms with Crippen molar-refractivity contribution in [1.82, 2.24) is 28.9 Å². The van der Waals surface area contributed by atoms with Gasteiger partial charge in [0, 0.05) is 43.9 Å². The van der Waals surface area contributed by atoms with Crippen LogP contribution >= 0.6 is 0 Å². The first-order valence-corrected chi connectivity index (χ1v) is 19.5. The lowest BCUT2D eigenvalue weighted by atomic mass is 10.0. The van der Waals surface area contributed by atoms with Gasteiger partial charge in [0.25, 0.3) is 0 Å². The number of para-hydroxylation sites is 3. The van der Waals surface area contributed by atoms with E-state index in [9.17, 15) is 0 Å². The van der Waals surface area contributed by atoms with E-state index in [2.05, 4.69) is 142 Å². The maximum atomic E-state index is 5.14. The Kier molecular flexibility index (Phi) is 7.13. The summed E-state index contributed by atoms with van der Waals surface area (Å²) in [6, 6.07) is 68.1. The van der Waals surface area contributed by atoms with Crippen molar-refractivity contribution in [2.45, 2.75) is 0 Å². The van der Waals surface area contributed by atoms with Gasteiger partial charge in [-0.15, -0.1) is 0 Å². The maximum absolute atomic E-state index is 5.14. The molecule has 12 rings (SSSR count). The van der Waals surface area contributed by atoms with Gasteiger partial charge in [0.1, 0.15) is 5.65 Å². The number of fused-ring (bicyclic) bond motifs is 11. The number of hydrogen-bond acceptors (Lipinski definition) is 4. The Morgan fingerprint density at radius 1 is 0.293 bits per heavy atom. The van der Waals surface area contributed by atoms with Crippen molar-refractivity contribution >= 4 is 60.2 Å². The van der Waals surface area contributed by atoms with Crippen LogP contribution in [0.4, 0.5) is 0 Å². The minimum atomic E-state index is 0.641. The number of benzene rings is 8. The van der Waals surface area contributed by atoms with Crippen LogP contribution in [0.3, 0.4) is 0 Å². The van der Waals surface area contributed by atoms with Crippen LogP contribution in [-0.4, -0.2) is 28.9 Å². The Balaban J connectivity index is 0.966. The third-order valence-corrected chi connectivity index (χ3v) is 11.4. The molecular formula is C52H32N6. The van der Waals surface area contributed by atoms with Gasteiger partial charge in [-0.05, 0) is 59.0 Å². The standard InChI is InChI=1S/C52H32N6/c1-3-13-35(14-4-1)49-54-50(36-15-5-2-6-16-36)56-51(55-49)37-25-23-33(24-26-37)34-27-29-38(30-28-34)57-45-21-11-9-18-40(45)43-31-42-39-17-7-8-19-41(39)52-53-44-20-10-12-22-46(44)58(52)48(42)32-47(43)57/h1-32H. The van der Waals surface area contributed by atoms with Crippen LogP contribution in [0, 0.1) is 0 Å². The summed E-state index contributed by atoms with van der Waals surface area (Å²) < 4.78 is 4.73. The fraction of sp³-hybridized carbons (Fsp3) is 0. The van der Waals surface area contributed by atoms with Crippen molar-refractivity contribution in [2.75, 3.05) is 0 Å². The molecule has 4 heterocycles. The molecule has 0 saturated carbocycles. The van der Waals surface area contributed by atoms with Crippen LogP contribution in [0.25, 0.3) is 111 Å². The molecule has 8 aromatic carbocycles. The van der Waals surface area contributed by atoms with Crippen LogP contribution in [0.2, 0.25) is 0 Å². The van der Waals surface area contributed by atoms with E-state index in [-0.39, 0.29) is 0 Å². The summed E-state index contributed by atoms with van der Waals surface area (Å²) in [5, 5.41) is 6.02. The van der Waals surface area contributed by atoms with Crippen LogP contribution in [0.1, 0.15) is 0 Å². The summed E-state index contributed by atoms with van der Waals surface area (Å²) in [5.41, 5.74) is 12.7. The van der Waals surface area contributed by atoms with Crippen molar-refractivity contribution in [3.8, 4) is 51.0 Å². The summed E-state index contributed by atoms with van der Waals surface area (Å²) >= 11 is 0. The van der Waals surface area contributed by atoms with Crippen molar-refractivity contribution < 1.29 is 0 Å². The van der Waals surface area contributed by atoms with E-state index in [1.807, 2.05) is 60.7 Å². The van der Waals surface area contributed by atoms with E-state index in [1.165, 1.54) is 27.1 Å². The summed E-state index contributed by atoms with van der Waals surface area (Å²) in [6.45, 7) is 0. The van der Waals surface area contributed by atoms with Gasteiger partial charge in [-0.25, -0.2) is 19.9 Å². The number of nitrogens with zero attached hydrogens (tertiary/aromatic N) is 6. The molecule has 0 atom stereocenters. The molecule has 0 saturated heterocycles. The zero-order valence-corrected chi connectivity index (χ0v) is 31.2. The lowest BCUT2D eigenvalue weighted by Gasteiger charge is -2.12. The molecule has 4 aromatic heterocycles. The fourth-order valence-electron chi connectivity index (χ4n) is 8.60. The van der Waals surface area contributed by atoms with Crippen molar-refractivity contribution in [2.24, 2.45) is 0 Å². The molecule has 0 fully saturated rings. The molecule has 58 heavy (non-hydrogen) atoms. The predicted molar refractivity (Wildman–Crippen MR) is 237 cm³/mol. The zero-order valence-electron chi connectivity index (χ0n) is 31.2. The Morgan fingerprint density at radius 2 is 0.776 bits per heavy atom. The molecule has 0 amide bonds. The largest absolute Gasteiger partial charge is 0.309 e. The first-order chi connectivity index (χ1) is 28.7. The summed E-state index contributed by atoms with van der Waals surface area (Å²) in [6.07, 6.45) is 0. The van der Waals surface area contributed by atoms with Gasteiger partial charge in [0.2, 0.25) is 0 Å². The predicted octanol–water partition coefficient (Wildman–Crippen LogP) is 12.7. The van der Waals surface area contributed by atoms with E-state index in [4.69, 9.17) is 19.9 Å². The number of pyridine rings is 1. The highest BCUT2D eigenvalue weighted by Gasteiger charge is 2.19. The molecule has 0 unspecified atom stereocenters. The number of rotatable bonds is 5. The lowest BCUT2D eigenvalue weighted by Crippen LogP contribution is -2.00. The van der Waals surface area contributed by atoms with Crippen molar-refractivity contribution in [1.29, 1.82) is 0 Å². The van der Waals surface area contributed by atoms with E-state index < -0.39 is 0 Å². The number of aromatic nitrogens is 6. The molecule has 6 heteroatoms. The topological polar surface area (TPSA) is 60.9 Å². The monoisotopic (exact) mass is 740 g/mol. The Bertz CT molecular complexity index is 3470. The highest BCUT2D eigenvalue weighted by atomic mass is 15.0. The van der Waals surface area contributed by atoms with E-state index in [1.54, 1.807) is 0 Å². The summed E-state index contributed by atoms with van der Waals surface area (Å²) in [5.74, 6) is 1.94. The second-order valence-corrected chi connectivity index (χ2v) is 14.7. The van der Waals surface area contributed by atoms with Crippen LogP contribution in [-0.2, 0) is 0 Å². The zero-order chi connectivity index (χ0) is 38.2. The molecule has 0 bridgehead atoms. The second-order valence-electron chi connectivity index (χ2n) is 14.7. The Morgan fingerprint density at radius 3 is 1.43 bits per heavy atom. The SMILES string of the molecule is c1ccc(-c2nc(-c3ccccc3)nc(-c3ccc(-c4ccc(-n5c6ccccc6c6cc7c8ccccc8c8nc9ccccc9n8c7cc65)cc4)cc3)n2)cc1. The third kappa shape index (κ3) is 5.05. The molecular weight excluding hydrogens is 709 g/mol. The molecule has 0 aliphatic carbocycles.